The van der Waals surface area contributed by atoms with Crippen LogP contribution in [0, 0.1) is 5.92 Å². The molecule has 2 saturated heterocycles. The van der Waals surface area contributed by atoms with Crippen LogP contribution in [0.25, 0.3) is 0 Å². The molecule has 148 valence electrons. The number of imide groups is 2. The molecule has 4 amide bonds. The SMILES string of the molecule is CC(NCc1cccc2c1C(=O)N(C1CCC(=O)NC1=O)C2=O)C1CCNC1. The van der Waals surface area contributed by atoms with E-state index in [1.807, 2.05) is 6.07 Å². The molecule has 0 aliphatic carbocycles. The molecule has 4 rings (SSSR count). The van der Waals surface area contributed by atoms with Crippen LogP contribution < -0.4 is 16.0 Å². The van der Waals surface area contributed by atoms with Crippen molar-refractivity contribution in [1.29, 1.82) is 0 Å². The molecule has 3 atom stereocenters. The van der Waals surface area contributed by atoms with E-state index in [-0.39, 0.29) is 24.8 Å². The van der Waals surface area contributed by atoms with E-state index in [4.69, 9.17) is 0 Å². The molecular weight excluding hydrogens is 360 g/mol. The second-order valence-electron chi connectivity index (χ2n) is 7.71. The van der Waals surface area contributed by atoms with Gasteiger partial charge in [-0.3, -0.25) is 29.4 Å². The van der Waals surface area contributed by atoms with Crippen molar-refractivity contribution in [3.63, 3.8) is 0 Å². The van der Waals surface area contributed by atoms with E-state index in [1.54, 1.807) is 12.1 Å². The molecule has 3 aliphatic rings. The first-order valence-electron chi connectivity index (χ1n) is 9.75. The molecular formula is C20H24N4O4. The lowest BCUT2D eigenvalue weighted by molar-refractivity contribution is -0.136. The minimum atomic E-state index is -0.936. The standard InChI is InChI=1S/C20H24N4O4/c1-11(12-7-8-21-9-12)22-10-13-3-2-4-14-17(13)20(28)24(19(14)27)15-5-6-16(25)23-18(15)26/h2-4,11-12,15,21-22H,5-10H2,1H3,(H,23,25,26). The number of carbonyl (C=O) groups excluding carboxylic acids is 4. The largest absolute Gasteiger partial charge is 0.316 e. The predicted molar refractivity (Wildman–Crippen MR) is 100 cm³/mol. The van der Waals surface area contributed by atoms with E-state index >= 15 is 0 Å². The van der Waals surface area contributed by atoms with E-state index in [0.717, 1.165) is 30.0 Å². The second kappa shape index (κ2) is 7.44. The Kier molecular flexibility index (Phi) is 4.99. The van der Waals surface area contributed by atoms with Gasteiger partial charge in [-0.15, -0.1) is 0 Å². The fourth-order valence-corrected chi connectivity index (χ4v) is 4.27. The number of benzene rings is 1. The van der Waals surface area contributed by atoms with Gasteiger partial charge in [0.1, 0.15) is 6.04 Å². The van der Waals surface area contributed by atoms with Crippen molar-refractivity contribution in [3.8, 4) is 0 Å². The molecule has 1 aromatic rings. The predicted octanol–water partition coefficient (Wildman–Crippen LogP) is 0.175. The molecule has 8 heteroatoms. The van der Waals surface area contributed by atoms with Crippen LogP contribution in [0.1, 0.15) is 52.5 Å². The van der Waals surface area contributed by atoms with Gasteiger partial charge in [-0.05, 0) is 50.4 Å². The van der Waals surface area contributed by atoms with Gasteiger partial charge in [0.15, 0.2) is 0 Å². The molecule has 3 aliphatic heterocycles. The van der Waals surface area contributed by atoms with E-state index in [2.05, 4.69) is 22.9 Å². The van der Waals surface area contributed by atoms with Crippen LogP contribution in [0.2, 0.25) is 0 Å². The number of carbonyl (C=O) groups is 4. The Balaban J connectivity index is 1.54. The first kappa shape index (κ1) is 18.8. The summed E-state index contributed by atoms with van der Waals surface area (Å²) in [4.78, 5) is 50.5. The molecule has 0 bridgehead atoms. The van der Waals surface area contributed by atoms with Crippen LogP contribution >= 0.6 is 0 Å². The fourth-order valence-electron chi connectivity index (χ4n) is 4.27. The molecule has 0 spiro atoms. The molecule has 0 aromatic heterocycles. The maximum absolute atomic E-state index is 13.1. The van der Waals surface area contributed by atoms with Crippen molar-refractivity contribution in [1.82, 2.24) is 20.9 Å². The third kappa shape index (κ3) is 3.22. The second-order valence-corrected chi connectivity index (χ2v) is 7.71. The molecule has 0 radical (unpaired) electrons. The highest BCUT2D eigenvalue weighted by Gasteiger charge is 2.45. The van der Waals surface area contributed by atoms with Gasteiger partial charge >= 0.3 is 0 Å². The number of hydrogen-bond acceptors (Lipinski definition) is 6. The molecule has 1 aromatic carbocycles. The zero-order valence-corrected chi connectivity index (χ0v) is 15.8. The molecule has 3 N–H and O–H groups in total. The number of nitrogens with zero attached hydrogens (tertiary/aromatic N) is 1. The Morgan fingerprint density at radius 2 is 2.00 bits per heavy atom. The average Bonchev–Trinajstić information content (AvgIpc) is 3.29. The van der Waals surface area contributed by atoms with Gasteiger partial charge in [0.05, 0.1) is 11.1 Å². The van der Waals surface area contributed by atoms with E-state index in [1.165, 1.54) is 0 Å². The van der Waals surface area contributed by atoms with Gasteiger partial charge < -0.3 is 10.6 Å². The highest BCUT2D eigenvalue weighted by atomic mass is 16.2. The van der Waals surface area contributed by atoms with Crippen molar-refractivity contribution < 1.29 is 19.2 Å². The molecule has 28 heavy (non-hydrogen) atoms. The third-order valence-electron chi connectivity index (χ3n) is 5.97. The summed E-state index contributed by atoms with van der Waals surface area (Å²) >= 11 is 0. The van der Waals surface area contributed by atoms with Crippen molar-refractivity contribution in [3.05, 3.63) is 34.9 Å². The van der Waals surface area contributed by atoms with Crippen LogP contribution in [-0.4, -0.2) is 53.7 Å². The number of piperidine rings is 1. The van der Waals surface area contributed by atoms with Gasteiger partial charge in [0.2, 0.25) is 11.8 Å². The first-order valence-corrected chi connectivity index (χ1v) is 9.75. The monoisotopic (exact) mass is 384 g/mol. The Hall–Kier alpha value is -2.58. The summed E-state index contributed by atoms with van der Waals surface area (Å²) in [6.45, 7) is 4.60. The van der Waals surface area contributed by atoms with Crippen LogP contribution in [0.5, 0.6) is 0 Å². The summed E-state index contributed by atoms with van der Waals surface area (Å²) in [7, 11) is 0. The number of amides is 4. The summed E-state index contributed by atoms with van der Waals surface area (Å²) in [6, 6.07) is 4.56. The topological polar surface area (TPSA) is 108 Å². The van der Waals surface area contributed by atoms with Crippen molar-refractivity contribution in [2.45, 2.75) is 44.8 Å². The molecule has 3 heterocycles. The van der Waals surface area contributed by atoms with Gasteiger partial charge in [0, 0.05) is 19.0 Å². The van der Waals surface area contributed by atoms with E-state index < -0.39 is 23.8 Å². The lowest BCUT2D eigenvalue weighted by Crippen LogP contribution is -2.54. The first-order chi connectivity index (χ1) is 13.5. The Morgan fingerprint density at radius 3 is 2.71 bits per heavy atom. The number of fused-ring (bicyclic) bond motifs is 1. The van der Waals surface area contributed by atoms with Crippen molar-refractivity contribution >= 4 is 23.6 Å². The molecule has 0 saturated carbocycles. The summed E-state index contributed by atoms with van der Waals surface area (Å²) in [5, 5.41) is 9.03. The smallest absolute Gasteiger partial charge is 0.262 e. The van der Waals surface area contributed by atoms with Crippen molar-refractivity contribution in [2.24, 2.45) is 5.92 Å². The third-order valence-corrected chi connectivity index (χ3v) is 5.97. The Labute approximate surface area is 163 Å². The number of rotatable bonds is 5. The number of nitrogens with one attached hydrogen (secondary N) is 3. The molecule has 3 unspecified atom stereocenters. The van der Waals surface area contributed by atoms with Crippen LogP contribution in [-0.2, 0) is 16.1 Å². The lowest BCUT2D eigenvalue weighted by Gasteiger charge is -2.27. The lowest BCUT2D eigenvalue weighted by atomic mass is 9.99. The quantitative estimate of drug-likeness (QED) is 0.625. The maximum Gasteiger partial charge on any atom is 0.262 e. The molecule has 8 nitrogen and oxygen atoms in total. The average molecular weight is 384 g/mol. The van der Waals surface area contributed by atoms with Gasteiger partial charge in [-0.1, -0.05) is 12.1 Å². The zero-order valence-electron chi connectivity index (χ0n) is 15.8. The summed E-state index contributed by atoms with van der Waals surface area (Å²) in [5.41, 5.74) is 1.44. The summed E-state index contributed by atoms with van der Waals surface area (Å²) in [6.07, 6.45) is 1.39. The number of hydrogen-bond donors (Lipinski definition) is 3. The van der Waals surface area contributed by atoms with Crippen LogP contribution in [0.3, 0.4) is 0 Å². The summed E-state index contributed by atoms with van der Waals surface area (Å²) in [5.74, 6) is -1.36. The van der Waals surface area contributed by atoms with Gasteiger partial charge in [-0.25, -0.2) is 0 Å². The van der Waals surface area contributed by atoms with Gasteiger partial charge in [-0.2, -0.15) is 0 Å². The zero-order chi connectivity index (χ0) is 19.8. The molecule has 2 fully saturated rings. The minimum Gasteiger partial charge on any atom is -0.316 e. The minimum absolute atomic E-state index is 0.116. The highest BCUT2D eigenvalue weighted by Crippen LogP contribution is 2.30. The van der Waals surface area contributed by atoms with Crippen molar-refractivity contribution in [2.75, 3.05) is 13.1 Å². The van der Waals surface area contributed by atoms with E-state index in [9.17, 15) is 19.2 Å². The van der Waals surface area contributed by atoms with Gasteiger partial charge in [0.25, 0.3) is 11.8 Å². The Bertz CT molecular complexity index is 847. The normalized spacial score (nSPS) is 25.8. The maximum atomic E-state index is 13.1. The Morgan fingerprint density at radius 1 is 1.18 bits per heavy atom. The van der Waals surface area contributed by atoms with E-state index in [0.29, 0.717) is 23.6 Å². The highest BCUT2D eigenvalue weighted by molar-refractivity contribution is 6.24. The van der Waals surface area contributed by atoms with Crippen LogP contribution in [0.4, 0.5) is 0 Å². The summed E-state index contributed by atoms with van der Waals surface area (Å²) < 4.78 is 0. The van der Waals surface area contributed by atoms with Crippen LogP contribution in [0.15, 0.2) is 18.2 Å². The fraction of sp³-hybridized carbons (Fsp3) is 0.500.